The second-order valence-corrected chi connectivity index (χ2v) is 7.87. The summed E-state index contributed by atoms with van der Waals surface area (Å²) in [4.78, 5) is 4.48. The summed E-state index contributed by atoms with van der Waals surface area (Å²) < 4.78 is 4.63. The maximum Gasteiger partial charge on any atom is 0.0483 e. The molecule has 0 aliphatic heterocycles. The van der Waals surface area contributed by atoms with Gasteiger partial charge in [0.15, 0.2) is 0 Å². The van der Waals surface area contributed by atoms with Crippen molar-refractivity contribution in [3.63, 3.8) is 0 Å². The fourth-order valence-electron chi connectivity index (χ4n) is 4.85. The number of benzene rings is 2. The summed E-state index contributed by atoms with van der Waals surface area (Å²) >= 11 is 0. The molecule has 0 unspecified atom stereocenters. The molecule has 0 amide bonds. The lowest BCUT2D eigenvalue weighted by atomic mass is 9.83. The van der Waals surface area contributed by atoms with Crippen molar-refractivity contribution in [1.82, 2.24) is 14.1 Å². The summed E-state index contributed by atoms with van der Waals surface area (Å²) in [6.07, 6.45) is 3.87. The number of hydrogen-bond acceptors (Lipinski definition) is 1. The van der Waals surface area contributed by atoms with Crippen molar-refractivity contribution in [2.24, 2.45) is 14.1 Å². The monoisotopic (exact) mass is 379 g/mol. The zero-order valence-electron chi connectivity index (χ0n) is 17.3. The van der Waals surface area contributed by atoms with Crippen molar-refractivity contribution in [3.05, 3.63) is 101 Å². The van der Waals surface area contributed by atoms with Crippen LogP contribution in [0.4, 0.5) is 0 Å². The Morgan fingerprint density at radius 2 is 1.21 bits per heavy atom. The lowest BCUT2D eigenvalue weighted by Crippen LogP contribution is -2.07. The first kappa shape index (κ1) is 17.7. The summed E-state index contributed by atoms with van der Waals surface area (Å²) in [6, 6.07) is 21.7. The van der Waals surface area contributed by atoms with Gasteiger partial charge in [0.2, 0.25) is 0 Å². The third-order valence-electron chi connectivity index (χ3n) is 6.49. The number of nitrogens with zero attached hydrogens (tertiary/aromatic N) is 3. The first-order valence-electron chi connectivity index (χ1n) is 10.1. The molecule has 0 spiro atoms. The Morgan fingerprint density at radius 3 is 1.69 bits per heavy atom. The molecule has 144 valence electrons. The first-order chi connectivity index (χ1) is 14.1. The quantitative estimate of drug-likeness (QED) is 0.385. The predicted octanol–water partition coefficient (Wildman–Crippen LogP) is 5.86. The Labute approximate surface area is 171 Å². The maximum absolute atomic E-state index is 4.48. The van der Waals surface area contributed by atoms with Crippen LogP contribution in [-0.2, 0) is 14.1 Å². The summed E-state index contributed by atoms with van der Waals surface area (Å²) in [5, 5.41) is 2.63. The van der Waals surface area contributed by atoms with Gasteiger partial charge in [-0.05, 0) is 48.7 Å². The summed E-state index contributed by atoms with van der Waals surface area (Å²) in [7, 11) is 4.33. The van der Waals surface area contributed by atoms with E-state index >= 15 is 0 Å². The molecular formula is C26H25N3. The van der Waals surface area contributed by atoms with E-state index in [0.29, 0.717) is 0 Å². The highest BCUT2D eigenvalue weighted by Crippen LogP contribution is 2.43. The molecule has 0 radical (unpaired) electrons. The van der Waals surface area contributed by atoms with Crippen LogP contribution in [0.15, 0.2) is 73.1 Å². The molecule has 29 heavy (non-hydrogen) atoms. The molecule has 0 atom stereocenters. The van der Waals surface area contributed by atoms with Crippen LogP contribution < -0.4 is 0 Å². The van der Waals surface area contributed by atoms with Crippen LogP contribution in [0.3, 0.4) is 0 Å². The van der Waals surface area contributed by atoms with Crippen LogP contribution in [-0.4, -0.2) is 14.1 Å². The molecule has 0 saturated heterocycles. The number of rotatable bonds is 3. The van der Waals surface area contributed by atoms with Crippen LogP contribution in [0.5, 0.6) is 0 Å². The molecular weight excluding hydrogens is 354 g/mol. The molecule has 0 N–H and O–H groups in total. The molecule has 3 heterocycles. The number of pyridine rings is 1. The van der Waals surface area contributed by atoms with Crippen molar-refractivity contribution < 1.29 is 0 Å². The third-order valence-corrected chi connectivity index (χ3v) is 6.49. The van der Waals surface area contributed by atoms with E-state index in [2.05, 4.69) is 96.7 Å². The highest BCUT2D eigenvalue weighted by molar-refractivity contribution is 5.91. The second-order valence-electron chi connectivity index (χ2n) is 7.87. The van der Waals surface area contributed by atoms with Crippen LogP contribution in [0.1, 0.15) is 34.0 Å². The van der Waals surface area contributed by atoms with Crippen LogP contribution >= 0.6 is 0 Å². The van der Waals surface area contributed by atoms with E-state index in [1.54, 1.807) is 0 Å². The van der Waals surface area contributed by atoms with E-state index in [-0.39, 0.29) is 5.92 Å². The largest absolute Gasteiger partial charge is 0.348 e. The fraction of sp³-hybridized carbons (Fsp3) is 0.192. The molecule has 3 aromatic heterocycles. The Morgan fingerprint density at radius 1 is 0.690 bits per heavy atom. The molecule has 2 aromatic carbocycles. The van der Waals surface area contributed by atoms with E-state index in [0.717, 1.165) is 0 Å². The molecule has 0 aliphatic carbocycles. The minimum atomic E-state index is 0.126. The van der Waals surface area contributed by atoms with Gasteiger partial charge in [-0.2, -0.15) is 0 Å². The molecule has 5 rings (SSSR count). The molecule has 0 saturated carbocycles. The highest BCUT2D eigenvalue weighted by atomic mass is 15.0. The molecule has 3 heteroatoms. The lowest BCUT2D eigenvalue weighted by Gasteiger charge is -2.20. The molecule has 0 aliphatic rings. The van der Waals surface area contributed by atoms with E-state index in [1.165, 1.54) is 49.9 Å². The summed E-state index contributed by atoms with van der Waals surface area (Å²) in [6.45, 7) is 4.47. The lowest BCUT2D eigenvalue weighted by molar-refractivity contribution is 0.854. The minimum Gasteiger partial charge on any atom is -0.348 e. The number of hydrogen-bond donors (Lipinski definition) is 0. The molecule has 0 fully saturated rings. The summed E-state index contributed by atoms with van der Waals surface area (Å²) in [5.41, 5.74) is 9.11. The average molecular weight is 380 g/mol. The Kier molecular flexibility index (Phi) is 4.06. The van der Waals surface area contributed by atoms with Gasteiger partial charge in [0.05, 0.1) is 0 Å². The van der Waals surface area contributed by atoms with Gasteiger partial charge in [0.1, 0.15) is 0 Å². The van der Waals surface area contributed by atoms with Gasteiger partial charge < -0.3 is 9.13 Å². The highest BCUT2D eigenvalue weighted by Gasteiger charge is 2.28. The summed E-state index contributed by atoms with van der Waals surface area (Å²) in [5.74, 6) is 0.126. The maximum atomic E-state index is 4.48. The van der Waals surface area contributed by atoms with Crippen LogP contribution in [0.2, 0.25) is 0 Å². The number of aromatic nitrogens is 3. The standard InChI is InChI=1S/C26H25N3/c1-17-24(20-11-5-7-13-22(20)28(17)3)26(19-10-9-15-27-16-19)25-18(2)29(4)23-14-8-6-12-21(23)25/h5-16,26H,1-4H3. The van der Waals surface area contributed by atoms with E-state index < -0.39 is 0 Å². The van der Waals surface area contributed by atoms with Gasteiger partial charge in [-0.1, -0.05) is 42.5 Å². The number of aryl methyl sites for hydroxylation is 2. The van der Waals surface area contributed by atoms with Crippen molar-refractivity contribution in [2.75, 3.05) is 0 Å². The number of fused-ring (bicyclic) bond motifs is 2. The second kappa shape index (κ2) is 6.63. The fourth-order valence-corrected chi connectivity index (χ4v) is 4.85. The zero-order chi connectivity index (χ0) is 20.1. The Hall–Kier alpha value is -3.33. The topological polar surface area (TPSA) is 22.8 Å². The third kappa shape index (κ3) is 2.54. The Balaban J connectivity index is 1.93. The van der Waals surface area contributed by atoms with Gasteiger partial charge in [0.25, 0.3) is 0 Å². The van der Waals surface area contributed by atoms with E-state index in [1.807, 2.05) is 18.5 Å². The molecule has 5 aromatic rings. The van der Waals surface area contributed by atoms with Crippen molar-refractivity contribution in [3.8, 4) is 0 Å². The van der Waals surface area contributed by atoms with Gasteiger partial charge in [0, 0.05) is 65.6 Å². The minimum absolute atomic E-state index is 0.126. The van der Waals surface area contributed by atoms with E-state index in [4.69, 9.17) is 0 Å². The van der Waals surface area contributed by atoms with Crippen LogP contribution in [0, 0.1) is 13.8 Å². The smallest absolute Gasteiger partial charge is 0.0483 e. The SMILES string of the molecule is Cc1c(C(c2cccnc2)c2c(C)n(C)c3ccccc23)c2ccccc2n1C. The number of para-hydroxylation sites is 2. The zero-order valence-corrected chi connectivity index (χ0v) is 17.3. The van der Waals surface area contributed by atoms with Crippen molar-refractivity contribution >= 4 is 21.8 Å². The molecule has 0 bridgehead atoms. The van der Waals surface area contributed by atoms with E-state index in [9.17, 15) is 0 Å². The normalized spacial score (nSPS) is 11.8. The van der Waals surface area contributed by atoms with Gasteiger partial charge in [-0.15, -0.1) is 0 Å². The predicted molar refractivity (Wildman–Crippen MR) is 120 cm³/mol. The van der Waals surface area contributed by atoms with Gasteiger partial charge in [-0.25, -0.2) is 0 Å². The van der Waals surface area contributed by atoms with Gasteiger partial charge >= 0.3 is 0 Å². The van der Waals surface area contributed by atoms with Crippen molar-refractivity contribution in [2.45, 2.75) is 19.8 Å². The first-order valence-corrected chi connectivity index (χ1v) is 10.1. The van der Waals surface area contributed by atoms with Gasteiger partial charge in [-0.3, -0.25) is 4.98 Å². The van der Waals surface area contributed by atoms with Crippen LogP contribution in [0.25, 0.3) is 21.8 Å². The Bertz CT molecular complexity index is 1250. The molecule has 3 nitrogen and oxygen atoms in total. The average Bonchev–Trinajstić information content (AvgIpc) is 3.16. The van der Waals surface area contributed by atoms with Crippen molar-refractivity contribution in [1.29, 1.82) is 0 Å².